The van der Waals surface area contributed by atoms with E-state index in [9.17, 15) is 20.4 Å². The predicted molar refractivity (Wildman–Crippen MR) is 96.5 cm³/mol. The molecule has 0 aromatic heterocycles. The van der Waals surface area contributed by atoms with Crippen molar-refractivity contribution in [3.05, 3.63) is 30.3 Å². The molecule has 2 fully saturated rings. The summed E-state index contributed by atoms with van der Waals surface area (Å²) in [7, 11) is 0. The van der Waals surface area contributed by atoms with Crippen molar-refractivity contribution in [3.63, 3.8) is 0 Å². The molecule has 0 unspecified atom stereocenters. The molecular weight excluding hydrogens is 320 g/mol. The molecule has 140 valence electrons. The number of aliphatic hydroxyl groups excluding tert-OH is 4. The Hall–Kier alpha value is -1.18. The molecule has 2 heterocycles. The zero-order valence-electron chi connectivity index (χ0n) is 14.6. The number of hydrogen-bond acceptors (Lipinski definition) is 6. The summed E-state index contributed by atoms with van der Waals surface area (Å²) >= 11 is 0. The first-order valence-electron chi connectivity index (χ1n) is 9.29. The van der Waals surface area contributed by atoms with Crippen LogP contribution < -0.4 is 4.90 Å². The van der Waals surface area contributed by atoms with E-state index < -0.39 is 24.4 Å². The van der Waals surface area contributed by atoms with Crippen molar-refractivity contribution in [1.82, 2.24) is 4.90 Å². The molecule has 3 rings (SSSR count). The summed E-state index contributed by atoms with van der Waals surface area (Å²) in [6, 6.07) is 9.96. The monoisotopic (exact) mass is 350 g/mol. The molecule has 6 heteroatoms. The van der Waals surface area contributed by atoms with E-state index in [2.05, 4.69) is 29.2 Å². The van der Waals surface area contributed by atoms with Gasteiger partial charge in [-0.05, 0) is 43.9 Å². The zero-order chi connectivity index (χ0) is 17.8. The molecule has 2 aliphatic heterocycles. The highest BCUT2D eigenvalue weighted by Gasteiger charge is 2.40. The van der Waals surface area contributed by atoms with Crippen molar-refractivity contribution in [2.24, 2.45) is 5.92 Å². The van der Waals surface area contributed by atoms with Crippen LogP contribution in [0.3, 0.4) is 0 Å². The molecule has 6 nitrogen and oxygen atoms in total. The van der Waals surface area contributed by atoms with Crippen molar-refractivity contribution >= 4 is 5.69 Å². The molecule has 4 N–H and O–H groups in total. The highest BCUT2D eigenvalue weighted by atomic mass is 16.4. The topological polar surface area (TPSA) is 87.4 Å². The van der Waals surface area contributed by atoms with Crippen molar-refractivity contribution < 1.29 is 20.4 Å². The predicted octanol–water partition coefficient (Wildman–Crippen LogP) is 0.0523. The summed E-state index contributed by atoms with van der Waals surface area (Å²) in [6.45, 7) is 2.90. The van der Waals surface area contributed by atoms with Gasteiger partial charge in [0.1, 0.15) is 12.2 Å². The largest absolute Gasteiger partial charge is 0.395 e. The van der Waals surface area contributed by atoms with Gasteiger partial charge in [-0.1, -0.05) is 18.2 Å². The SMILES string of the molecule is OC[C@@H]1[C@@H](O)[C@H](O)[C@@H](O)CN1CCC1CCN(c2ccccc2)CC1. The number of nitrogens with zero attached hydrogens (tertiary/aromatic N) is 2. The van der Waals surface area contributed by atoms with Gasteiger partial charge in [0.05, 0.1) is 18.8 Å². The maximum absolute atomic E-state index is 10.1. The van der Waals surface area contributed by atoms with Gasteiger partial charge in [-0.2, -0.15) is 0 Å². The van der Waals surface area contributed by atoms with Crippen LogP contribution in [-0.4, -0.2) is 82.5 Å². The third-order valence-corrected chi connectivity index (χ3v) is 5.78. The second kappa shape index (κ2) is 8.47. The molecule has 0 bridgehead atoms. The Bertz CT molecular complexity index is 521. The van der Waals surface area contributed by atoms with Gasteiger partial charge in [0.2, 0.25) is 0 Å². The molecule has 0 amide bonds. The van der Waals surface area contributed by atoms with Gasteiger partial charge >= 0.3 is 0 Å². The van der Waals surface area contributed by atoms with Crippen LogP contribution >= 0.6 is 0 Å². The number of rotatable bonds is 5. The lowest BCUT2D eigenvalue weighted by Crippen LogP contribution is -2.62. The van der Waals surface area contributed by atoms with Gasteiger partial charge < -0.3 is 25.3 Å². The van der Waals surface area contributed by atoms with E-state index in [0.717, 1.165) is 38.9 Å². The van der Waals surface area contributed by atoms with Gasteiger partial charge in [0, 0.05) is 25.3 Å². The Morgan fingerprint density at radius 2 is 1.64 bits per heavy atom. The number of benzene rings is 1. The van der Waals surface area contributed by atoms with Crippen LogP contribution in [0.5, 0.6) is 0 Å². The highest BCUT2D eigenvalue weighted by Crippen LogP contribution is 2.26. The summed E-state index contributed by atoms with van der Waals surface area (Å²) in [4.78, 5) is 4.34. The molecule has 0 aliphatic carbocycles. The van der Waals surface area contributed by atoms with Crippen LogP contribution in [0.2, 0.25) is 0 Å². The third-order valence-electron chi connectivity index (χ3n) is 5.78. The first-order valence-corrected chi connectivity index (χ1v) is 9.29. The Labute approximate surface area is 149 Å². The quantitative estimate of drug-likeness (QED) is 0.600. The zero-order valence-corrected chi connectivity index (χ0v) is 14.6. The molecule has 2 aliphatic rings. The smallest absolute Gasteiger partial charge is 0.109 e. The molecule has 1 aromatic rings. The van der Waals surface area contributed by atoms with Crippen LogP contribution in [-0.2, 0) is 0 Å². The maximum atomic E-state index is 10.1. The number of likely N-dealkylation sites (tertiary alicyclic amines) is 1. The number of piperidine rings is 2. The number of para-hydroxylation sites is 1. The molecule has 1 aromatic carbocycles. The fourth-order valence-electron chi connectivity index (χ4n) is 4.10. The number of aliphatic hydroxyl groups is 4. The Morgan fingerprint density at radius 1 is 0.960 bits per heavy atom. The standard InChI is InChI=1S/C19H30N2O4/c22-13-16-18(24)19(25)17(23)12-21(16)11-8-14-6-9-20(10-7-14)15-4-2-1-3-5-15/h1-5,14,16-19,22-25H,6-13H2/t16-,17+,18-,19-/m1/s1. The fourth-order valence-corrected chi connectivity index (χ4v) is 4.10. The Balaban J connectivity index is 1.48. The van der Waals surface area contributed by atoms with Gasteiger partial charge in [-0.3, -0.25) is 4.90 Å². The van der Waals surface area contributed by atoms with Gasteiger partial charge in [-0.15, -0.1) is 0 Å². The molecule has 25 heavy (non-hydrogen) atoms. The molecule has 2 saturated heterocycles. The van der Waals surface area contributed by atoms with Crippen LogP contribution in [0.15, 0.2) is 30.3 Å². The average Bonchev–Trinajstić information content (AvgIpc) is 2.66. The summed E-state index contributed by atoms with van der Waals surface area (Å²) in [6.07, 6.45) is -0.0104. The molecule has 0 spiro atoms. The lowest BCUT2D eigenvalue weighted by Gasteiger charge is -2.44. The fraction of sp³-hybridized carbons (Fsp3) is 0.684. The van der Waals surface area contributed by atoms with E-state index in [4.69, 9.17) is 0 Å². The molecule has 0 radical (unpaired) electrons. The van der Waals surface area contributed by atoms with E-state index in [-0.39, 0.29) is 6.61 Å². The molecule has 4 atom stereocenters. The Kier molecular flexibility index (Phi) is 6.30. The first-order chi connectivity index (χ1) is 12.1. The molecular formula is C19H30N2O4. The first kappa shape index (κ1) is 18.6. The number of anilines is 1. The average molecular weight is 350 g/mol. The molecule has 0 saturated carbocycles. The minimum atomic E-state index is -1.18. The van der Waals surface area contributed by atoms with Crippen LogP contribution in [0, 0.1) is 5.92 Å². The van der Waals surface area contributed by atoms with Crippen molar-refractivity contribution in [2.45, 2.75) is 43.6 Å². The number of β-amino-alcohol motifs (C(OH)–C–C–N with tert-alkyl or cyclic N) is 1. The summed E-state index contributed by atoms with van der Waals surface area (Å²) < 4.78 is 0. The van der Waals surface area contributed by atoms with E-state index in [1.807, 2.05) is 11.0 Å². The highest BCUT2D eigenvalue weighted by molar-refractivity contribution is 5.46. The van der Waals surface area contributed by atoms with Gasteiger partial charge in [0.15, 0.2) is 0 Å². The van der Waals surface area contributed by atoms with Gasteiger partial charge in [-0.25, -0.2) is 0 Å². The Morgan fingerprint density at radius 3 is 2.28 bits per heavy atom. The van der Waals surface area contributed by atoms with E-state index >= 15 is 0 Å². The number of hydrogen-bond donors (Lipinski definition) is 4. The summed E-state index contributed by atoms with van der Waals surface area (Å²) in [5.74, 6) is 0.612. The van der Waals surface area contributed by atoms with E-state index in [1.54, 1.807) is 0 Å². The van der Waals surface area contributed by atoms with E-state index in [1.165, 1.54) is 5.69 Å². The minimum Gasteiger partial charge on any atom is -0.395 e. The lowest BCUT2D eigenvalue weighted by atomic mass is 9.90. The summed E-state index contributed by atoms with van der Waals surface area (Å²) in [5, 5.41) is 39.3. The van der Waals surface area contributed by atoms with Gasteiger partial charge in [0.25, 0.3) is 0 Å². The van der Waals surface area contributed by atoms with Crippen molar-refractivity contribution in [2.75, 3.05) is 37.7 Å². The van der Waals surface area contributed by atoms with E-state index in [0.29, 0.717) is 12.5 Å². The van der Waals surface area contributed by atoms with Crippen molar-refractivity contribution in [1.29, 1.82) is 0 Å². The van der Waals surface area contributed by atoms with Crippen LogP contribution in [0.4, 0.5) is 5.69 Å². The summed E-state index contributed by atoms with van der Waals surface area (Å²) in [5.41, 5.74) is 1.28. The normalized spacial score (nSPS) is 32.1. The second-order valence-corrected chi connectivity index (χ2v) is 7.35. The van der Waals surface area contributed by atoms with Crippen LogP contribution in [0.25, 0.3) is 0 Å². The minimum absolute atomic E-state index is 0.211. The second-order valence-electron chi connectivity index (χ2n) is 7.35. The maximum Gasteiger partial charge on any atom is 0.109 e. The lowest BCUT2D eigenvalue weighted by molar-refractivity contribution is -0.145. The third kappa shape index (κ3) is 4.33. The van der Waals surface area contributed by atoms with Crippen molar-refractivity contribution in [3.8, 4) is 0 Å². The van der Waals surface area contributed by atoms with Crippen LogP contribution in [0.1, 0.15) is 19.3 Å².